The average Bonchev–Trinajstić information content (AvgIpc) is 2.74. The van der Waals surface area contributed by atoms with Gasteiger partial charge in [-0.15, -0.1) is 0 Å². The van der Waals surface area contributed by atoms with E-state index in [4.69, 9.17) is 0 Å². The van der Waals surface area contributed by atoms with Gasteiger partial charge in [0.1, 0.15) is 5.69 Å². The second-order valence-corrected chi connectivity index (χ2v) is 9.43. The number of hydrogen-bond donors (Lipinski definition) is 1. The summed E-state index contributed by atoms with van der Waals surface area (Å²) in [5, 5.41) is 9.31. The molecule has 0 radical (unpaired) electrons. The maximum atomic E-state index is 13.4. The summed E-state index contributed by atoms with van der Waals surface area (Å²) in [5.74, 6) is -1.52. The van der Waals surface area contributed by atoms with Gasteiger partial charge in [-0.1, -0.05) is 51.2 Å². The normalized spacial score (nSPS) is 20.9. The van der Waals surface area contributed by atoms with Gasteiger partial charge in [0.15, 0.2) is 0 Å². The van der Waals surface area contributed by atoms with Crippen LogP contribution in [0.5, 0.6) is 0 Å². The molecule has 0 spiro atoms. The summed E-state index contributed by atoms with van der Waals surface area (Å²) in [5.41, 5.74) is 1.90. The van der Waals surface area contributed by atoms with Gasteiger partial charge in [-0.2, -0.15) is 0 Å². The van der Waals surface area contributed by atoms with Crippen LogP contribution < -0.4 is 5.56 Å². The van der Waals surface area contributed by atoms with Gasteiger partial charge in [0.05, 0.1) is 17.0 Å². The number of carboxylic acid groups (broad SMARTS) is 1. The van der Waals surface area contributed by atoms with Crippen LogP contribution in [0.25, 0.3) is 11.0 Å². The van der Waals surface area contributed by atoms with Crippen molar-refractivity contribution in [1.82, 2.24) is 14.5 Å². The van der Waals surface area contributed by atoms with E-state index in [9.17, 15) is 14.7 Å². The highest BCUT2D eigenvalue weighted by Gasteiger charge is 2.28. The maximum absolute atomic E-state index is 13.4. The van der Waals surface area contributed by atoms with Crippen LogP contribution in [0.2, 0.25) is 0 Å². The molecule has 1 aliphatic carbocycles. The average molecular weight is 426 g/mol. The van der Waals surface area contributed by atoms with Gasteiger partial charge < -0.3 is 14.6 Å². The summed E-state index contributed by atoms with van der Waals surface area (Å²) in [4.78, 5) is 32.0. The number of piperidine rings is 1. The fraction of sp³-hybridized carbons (Fsp3) is 0.640. The molecule has 2 fully saturated rings. The summed E-state index contributed by atoms with van der Waals surface area (Å²) in [6.07, 6.45) is 11.5. The highest BCUT2D eigenvalue weighted by Crippen LogP contribution is 2.29. The molecule has 2 aliphatic rings. The number of likely N-dealkylation sites (tertiary alicyclic amines) is 1. The molecule has 1 aromatic carbocycles. The van der Waals surface area contributed by atoms with E-state index in [-0.39, 0.29) is 18.0 Å². The van der Waals surface area contributed by atoms with Crippen molar-refractivity contribution < 1.29 is 9.90 Å². The fourth-order valence-electron chi connectivity index (χ4n) is 5.39. The van der Waals surface area contributed by atoms with Crippen LogP contribution in [0.4, 0.5) is 0 Å². The van der Waals surface area contributed by atoms with E-state index < -0.39 is 11.9 Å². The summed E-state index contributed by atoms with van der Waals surface area (Å²) in [7, 11) is 0. The highest BCUT2D eigenvalue weighted by atomic mass is 16.4. The standard InChI is InChI=1S/C25H35N3O3/c1-18(25(30)31)17-22-24(29)28(23-12-8-7-11-21(23)26-22)20-13-15-27(16-14-20)19-9-5-3-2-4-6-10-19/h7-8,11-12,18-20H,2-6,9-10,13-17H2,1H3,(H,30,31). The van der Waals surface area contributed by atoms with Crippen LogP contribution in [0.3, 0.4) is 0 Å². The first-order valence-corrected chi connectivity index (χ1v) is 12.0. The predicted octanol–water partition coefficient (Wildman–Crippen LogP) is 4.41. The zero-order chi connectivity index (χ0) is 21.8. The Morgan fingerprint density at radius 2 is 1.68 bits per heavy atom. The van der Waals surface area contributed by atoms with Crippen molar-refractivity contribution in [3.63, 3.8) is 0 Å². The Hall–Kier alpha value is -2.21. The van der Waals surface area contributed by atoms with Crippen LogP contribution in [-0.2, 0) is 11.2 Å². The van der Waals surface area contributed by atoms with Crippen molar-refractivity contribution in [2.45, 2.75) is 83.2 Å². The van der Waals surface area contributed by atoms with Gasteiger partial charge >= 0.3 is 5.97 Å². The third-order valence-electron chi connectivity index (χ3n) is 7.24. The van der Waals surface area contributed by atoms with Crippen molar-refractivity contribution in [2.24, 2.45) is 5.92 Å². The third kappa shape index (κ3) is 5.00. The number of hydrogen-bond acceptors (Lipinski definition) is 4. The predicted molar refractivity (Wildman–Crippen MR) is 122 cm³/mol. The smallest absolute Gasteiger partial charge is 0.306 e. The third-order valence-corrected chi connectivity index (χ3v) is 7.24. The van der Waals surface area contributed by atoms with Gasteiger partial charge in [-0.3, -0.25) is 9.59 Å². The lowest BCUT2D eigenvalue weighted by atomic mass is 9.93. The first-order chi connectivity index (χ1) is 15.0. The number of nitrogens with zero attached hydrogens (tertiary/aromatic N) is 3. The molecule has 1 saturated heterocycles. The molecule has 0 bridgehead atoms. The Balaban J connectivity index is 1.57. The molecule has 2 aromatic rings. The number of benzene rings is 1. The maximum Gasteiger partial charge on any atom is 0.306 e. The molecule has 6 heteroatoms. The summed E-state index contributed by atoms with van der Waals surface area (Å²) in [6, 6.07) is 8.59. The summed E-state index contributed by atoms with van der Waals surface area (Å²) < 4.78 is 1.92. The molecule has 1 atom stereocenters. The van der Waals surface area contributed by atoms with Gasteiger partial charge in [0.25, 0.3) is 5.56 Å². The molecule has 31 heavy (non-hydrogen) atoms. The van der Waals surface area contributed by atoms with Crippen molar-refractivity contribution in [1.29, 1.82) is 0 Å². The summed E-state index contributed by atoms with van der Waals surface area (Å²) >= 11 is 0. The molecule has 6 nitrogen and oxygen atoms in total. The Labute approximate surface area is 184 Å². The van der Waals surface area contributed by atoms with E-state index in [2.05, 4.69) is 9.88 Å². The highest BCUT2D eigenvalue weighted by molar-refractivity contribution is 5.75. The lowest BCUT2D eigenvalue weighted by molar-refractivity contribution is -0.141. The van der Waals surface area contributed by atoms with Crippen LogP contribution in [0.15, 0.2) is 29.1 Å². The first kappa shape index (κ1) is 22.0. The Morgan fingerprint density at radius 3 is 2.35 bits per heavy atom. The molecular weight excluding hydrogens is 390 g/mol. The molecule has 1 N–H and O–H groups in total. The molecule has 4 rings (SSSR count). The number of rotatable bonds is 5. The second kappa shape index (κ2) is 9.94. The number of aliphatic carboxylic acids is 1. The van der Waals surface area contributed by atoms with Crippen LogP contribution >= 0.6 is 0 Å². The zero-order valence-corrected chi connectivity index (χ0v) is 18.6. The van der Waals surface area contributed by atoms with E-state index in [1.54, 1.807) is 6.92 Å². The van der Waals surface area contributed by atoms with Gasteiger partial charge in [0, 0.05) is 31.6 Å². The lowest BCUT2D eigenvalue weighted by Crippen LogP contribution is -2.44. The SMILES string of the molecule is CC(Cc1nc2ccccc2n(C2CCN(C3CCCCCCC3)CC2)c1=O)C(=O)O. The number of para-hydroxylation sites is 2. The Morgan fingerprint density at radius 1 is 1.03 bits per heavy atom. The van der Waals surface area contributed by atoms with Crippen LogP contribution in [0, 0.1) is 5.92 Å². The lowest BCUT2D eigenvalue weighted by Gasteiger charge is -2.39. The van der Waals surface area contributed by atoms with Crippen molar-refractivity contribution >= 4 is 17.0 Å². The largest absolute Gasteiger partial charge is 0.481 e. The topological polar surface area (TPSA) is 75.4 Å². The van der Waals surface area contributed by atoms with Gasteiger partial charge in [-0.05, 0) is 37.8 Å². The number of carbonyl (C=O) groups is 1. The molecule has 2 heterocycles. The van der Waals surface area contributed by atoms with E-state index in [0.29, 0.717) is 11.7 Å². The van der Waals surface area contributed by atoms with Crippen LogP contribution in [-0.4, -0.2) is 44.7 Å². The second-order valence-electron chi connectivity index (χ2n) is 9.43. The molecule has 0 amide bonds. The number of fused-ring (bicyclic) bond motifs is 1. The van der Waals surface area contributed by atoms with E-state index >= 15 is 0 Å². The molecule has 168 valence electrons. The van der Waals surface area contributed by atoms with Crippen molar-refractivity contribution in [3.05, 3.63) is 40.3 Å². The van der Waals surface area contributed by atoms with E-state index in [0.717, 1.165) is 37.0 Å². The minimum absolute atomic E-state index is 0.115. The van der Waals surface area contributed by atoms with E-state index in [1.165, 1.54) is 44.9 Å². The Bertz CT molecular complexity index is 954. The quantitative estimate of drug-likeness (QED) is 0.768. The molecule has 1 aliphatic heterocycles. The molecule has 1 aromatic heterocycles. The van der Waals surface area contributed by atoms with Crippen molar-refractivity contribution in [3.8, 4) is 0 Å². The number of carboxylic acids is 1. The minimum atomic E-state index is -0.895. The van der Waals surface area contributed by atoms with Gasteiger partial charge in [0.2, 0.25) is 0 Å². The zero-order valence-electron chi connectivity index (χ0n) is 18.6. The van der Waals surface area contributed by atoms with E-state index in [1.807, 2.05) is 28.8 Å². The van der Waals surface area contributed by atoms with Crippen LogP contribution in [0.1, 0.15) is 76.4 Å². The minimum Gasteiger partial charge on any atom is -0.481 e. The van der Waals surface area contributed by atoms with Crippen molar-refractivity contribution in [2.75, 3.05) is 13.1 Å². The Kier molecular flexibility index (Phi) is 7.06. The summed E-state index contributed by atoms with van der Waals surface area (Å²) in [6.45, 7) is 3.69. The fourth-order valence-corrected chi connectivity index (χ4v) is 5.39. The first-order valence-electron chi connectivity index (χ1n) is 12.0. The molecular formula is C25H35N3O3. The molecule has 1 saturated carbocycles. The van der Waals surface area contributed by atoms with Gasteiger partial charge in [-0.25, -0.2) is 4.98 Å². The monoisotopic (exact) mass is 425 g/mol. The number of aromatic nitrogens is 2. The molecule has 1 unspecified atom stereocenters.